The van der Waals surface area contributed by atoms with Gasteiger partial charge in [0.25, 0.3) is 0 Å². The molecule has 1 aromatic heterocycles. The summed E-state index contributed by atoms with van der Waals surface area (Å²) in [5, 5.41) is 0.944. The van der Waals surface area contributed by atoms with Crippen molar-refractivity contribution in [3.63, 3.8) is 0 Å². The Morgan fingerprint density at radius 1 is 1.33 bits per heavy atom. The number of aromatic nitrogens is 1. The summed E-state index contributed by atoms with van der Waals surface area (Å²) in [6.07, 6.45) is 1.81. The molecule has 0 saturated heterocycles. The summed E-state index contributed by atoms with van der Waals surface area (Å²) >= 11 is 11.8. The first-order chi connectivity index (χ1) is 8.58. The van der Waals surface area contributed by atoms with E-state index in [9.17, 15) is 4.79 Å². The third kappa shape index (κ3) is 2.86. The lowest BCUT2D eigenvalue weighted by molar-refractivity contribution is 0.0913. The summed E-state index contributed by atoms with van der Waals surface area (Å²) in [5.41, 5.74) is 0.591. The topological polar surface area (TPSA) is 31.2 Å². The monoisotopic (exact) mass is 283 g/mol. The summed E-state index contributed by atoms with van der Waals surface area (Å²) in [4.78, 5) is 11.9. The zero-order valence-electron chi connectivity index (χ0n) is 9.69. The van der Waals surface area contributed by atoms with Crippen molar-refractivity contribution in [3.8, 4) is 5.75 Å². The van der Waals surface area contributed by atoms with Gasteiger partial charge in [-0.3, -0.25) is 4.79 Å². The van der Waals surface area contributed by atoms with Crippen LogP contribution < -0.4 is 4.74 Å². The van der Waals surface area contributed by atoms with E-state index in [1.807, 2.05) is 0 Å². The molecule has 0 amide bonds. The molecule has 0 unspecified atom stereocenters. The van der Waals surface area contributed by atoms with Crippen LogP contribution >= 0.6 is 23.2 Å². The van der Waals surface area contributed by atoms with Gasteiger partial charge in [0.15, 0.2) is 6.61 Å². The third-order valence-electron chi connectivity index (χ3n) is 2.48. The smallest absolute Gasteiger partial charge is 0.216 e. The second-order valence-corrected chi connectivity index (χ2v) is 4.63. The number of benzene rings is 1. The Morgan fingerprint density at radius 3 is 2.78 bits per heavy atom. The van der Waals surface area contributed by atoms with Crippen LogP contribution in [0, 0.1) is 0 Å². The second-order valence-electron chi connectivity index (χ2n) is 3.79. The summed E-state index contributed by atoms with van der Waals surface area (Å²) in [6, 6.07) is 8.43. The molecule has 2 rings (SSSR count). The van der Waals surface area contributed by atoms with Gasteiger partial charge >= 0.3 is 0 Å². The van der Waals surface area contributed by atoms with E-state index in [0.717, 1.165) is 0 Å². The molecule has 0 bridgehead atoms. The number of ketones is 1. The van der Waals surface area contributed by atoms with Crippen LogP contribution in [-0.2, 0) is 7.05 Å². The molecule has 2 aromatic rings. The van der Waals surface area contributed by atoms with Crippen molar-refractivity contribution in [1.82, 2.24) is 4.57 Å². The van der Waals surface area contributed by atoms with Gasteiger partial charge in [0, 0.05) is 24.3 Å². The Bertz CT molecular complexity index is 578. The standard InChI is InChI=1S/C13H11Cl2NO2/c1-16-6-2-3-11(16)12(17)8-18-13-7-9(14)4-5-10(13)15/h2-7H,8H2,1H3. The maximum Gasteiger partial charge on any atom is 0.216 e. The van der Waals surface area contributed by atoms with E-state index in [2.05, 4.69) is 0 Å². The summed E-state index contributed by atoms with van der Waals surface area (Å²) < 4.78 is 7.12. The lowest BCUT2D eigenvalue weighted by atomic mass is 10.3. The molecule has 0 saturated carbocycles. The molecule has 0 atom stereocenters. The summed E-state index contributed by atoms with van der Waals surface area (Å²) in [7, 11) is 1.81. The summed E-state index contributed by atoms with van der Waals surface area (Å²) in [6.45, 7) is -0.0715. The van der Waals surface area contributed by atoms with E-state index < -0.39 is 0 Å². The maximum absolute atomic E-state index is 11.9. The number of halogens is 2. The fraction of sp³-hybridized carbons (Fsp3) is 0.154. The Kier molecular flexibility index (Phi) is 3.94. The molecule has 0 N–H and O–H groups in total. The predicted octanol–water partition coefficient (Wildman–Crippen LogP) is 3.59. The van der Waals surface area contributed by atoms with Gasteiger partial charge in [0.05, 0.1) is 10.7 Å². The van der Waals surface area contributed by atoms with Crippen molar-refractivity contribution in [2.75, 3.05) is 6.61 Å². The SMILES string of the molecule is Cn1cccc1C(=O)COc1cc(Cl)ccc1Cl. The van der Waals surface area contributed by atoms with E-state index in [1.165, 1.54) is 0 Å². The van der Waals surface area contributed by atoms with Crippen LogP contribution in [0.25, 0.3) is 0 Å². The number of rotatable bonds is 4. The number of Topliss-reactive ketones (excluding diaryl/α,β-unsaturated/α-hetero) is 1. The fourth-order valence-electron chi connectivity index (χ4n) is 1.56. The van der Waals surface area contributed by atoms with E-state index >= 15 is 0 Å². The Balaban J connectivity index is 2.06. The van der Waals surface area contributed by atoms with Gasteiger partial charge in [-0.15, -0.1) is 0 Å². The molecule has 1 aromatic carbocycles. The molecular weight excluding hydrogens is 273 g/mol. The first-order valence-corrected chi connectivity index (χ1v) is 6.06. The molecule has 1 heterocycles. The zero-order valence-corrected chi connectivity index (χ0v) is 11.2. The number of aryl methyl sites for hydroxylation is 1. The van der Waals surface area contributed by atoms with Crippen LogP contribution in [0.3, 0.4) is 0 Å². The van der Waals surface area contributed by atoms with E-state index in [0.29, 0.717) is 21.5 Å². The largest absolute Gasteiger partial charge is 0.484 e. The van der Waals surface area contributed by atoms with Gasteiger partial charge < -0.3 is 9.30 Å². The van der Waals surface area contributed by atoms with Crippen molar-refractivity contribution < 1.29 is 9.53 Å². The number of hydrogen-bond acceptors (Lipinski definition) is 2. The molecule has 5 heteroatoms. The molecular formula is C13H11Cl2NO2. The van der Waals surface area contributed by atoms with Crippen LogP contribution in [0.15, 0.2) is 36.5 Å². The zero-order chi connectivity index (χ0) is 13.1. The summed E-state index contributed by atoms with van der Waals surface area (Å²) in [5.74, 6) is 0.297. The quantitative estimate of drug-likeness (QED) is 0.803. The van der Waals surface area contributed by atoms with Crippen LogP contribution in [0.2, 0.25) is 10.0 Å². The minimum Gasteiger partial charge on any atom is -0.484 e. The highest BCUT2D eigenvalue weighted by molar-refractivity contribution is 6.34. The van der Waals surface area contributed by atoms with Crippen molar-refractivity contribution >= 4 is 29.0 Å². The molecule has 3 nitrogen and oxygen atoms in total. The van der Waals surface area contributed by atoms with E-state index in [1.54, 1.807) is 48.1 Å². The van der Waals surface area contributed by atoms with Crippen LogP contribution in [0.4, 0.5) is 0 Å². The highest BCUT2D eigenvalue weighted by Crippen LogP contribution is 2.27. The van der Waals surface area contributed by atoms with E-state index in [4.69, 9.17) is 27.9 Å². The van der Waals surface area contributed by atoms with Gasteiger partial charge in [-0.25, -0.2) is 0 Å². The second kappa shape index (κ2) is 5.46. The van der Waals surface area contributed by atoms with Gasteiger partial charge in [-0.1, -0.05) is 23.2 Å². The molecule has 0 spiro atoms. The number of ether oxygens (including phenoxy) is 1. The fourth-order valence-corrected chi connectivity index (χ4v) is 1.89. The first kappa shape index (κ1) is 13.0. The molecule has 18 heavy (non-hydrogen) atoms. The minimum absolute atomic E-state index is 0.0715. The predicted molar refractivity (Wildman–Crippen MR) is 71.7 cm³/mol. The van der Waals surface area contributed by atoms with Crippen LogP contribution in [0.5, 0.6) is 5.75 Å². The van der Waals surface area contributed by atoms with Gasteiger partial charge in [0.2, 0.25) is 5.78 Å². The van der Waals surface area contributed by atoms with Crippen molar-refractivity contribution in [2.45, 2.75) is 0 Å². The lowest BCUT2D eigenvalue weighted by Gasteiger charge is -2.08. The van der Waals surface area contributed by atoms with Gasteiger partial charge in [-0.2, -0.15) is 0 Å². The molecule has 0 radical (unpaired) electrons. The van der Waals surface area contributed by atoms with Crippen molar-refractivity contribution in [1.29, 1.82) is 0 Å². The molecule has 0 aliphatic rings. The molecule has 0 aliphatic heterocycles. The minimum atomic E-state index is -0.112. The van der Waals surface area contributed by atoms with Gasteiger partial charge in [0.1, 0.15) is 5.75 Å². The Morgan fingerprint density at radius 2 is 2.11 bits per heavy atom. The third-order valence-corrected chi connectivity index (χ3v) is 3.03. The number of nitrogens with zero attached hydrogens (tertiary/aromatic N) is 1. The number of carbonyl (C=O) groups excluding carboxylic acids is 1. The average molecular weight is 284 g/mol. The molecule has 94 valence electrons. The highest BCUT2D eigenvalue weighted by atomic mass is 35.5. The van der Waals surface area contributed by atoms with Crippen LogP contribution in [-0.4, -0.2) is 17.0 Å². The maximum atomic E-state index is 11.9. The van der Waals surface area contributed by atoms with Gasteiger partial charge in [-0.05, 0) is 24.3 Å². The van der Waals surface area contributed by atoms with E-state index in [-0.39, 0.29) is 12.4 Å². The molecule has 0 aliphatic carbocycles. The average Bonchev–Trinajstić information content (AvgIpc) is 2.76. The van der Waals surface area contributed by atoms with Crippen molar-refractivity contribution in [3.05, 3.63) is 52.3 Å². The number of carbonyl (C=O) groups is 1. The Hall–Kier alpha value is -1.45. The number of hydrogen-bond donors (Lipinski definition) is 0. The van der Waals surface area contributed by atoms with Crippen molar-refractivity contribution in [2.24, 2.45) is 7.05 Å². The van der Waals surface area contributed by atoms with Crippen LogP contribution in [0.1, 0.15) is 10.5 Å². The Labute approximate surface area is 115 Å². The first-order valence-electron chi connectivity index (χ1n) is 5.30. The normalized spacial score (nSPS) is 10.4. The lowest BCUT2D eigenvalue weighted by Crippen LogP contribution is -2.14. The highest BCUT2D eigenvalue weighted by Gasteiger charge is 2.11. The molecule has 0 fully saturated rings.